The summed E-state index contributed by atoms with van der Waals surface area (Å²) in [5.74, 6) is -0.0327. The number of carbonyl (C=O) groups excluding carboxylic acids is 1. The van der Waals surface area contributed by atoms with Crippen LogP contribution in [0.5, 0.6) is 0 Å². The van der Waals surface area contributed by atoms with Crippen LogP contribution < -0.4 is 5.56 Å². The third kappa shape index (κ3) is 3.57. The number of hydrogen-bond donors (Lipinski definition) is 0. The average molecular weight is 393 g/mol. The van der Waals surface area contributed by atoms with Crippen LogP contribution in [0.4, 0.5) is 0 Å². The van der Waals surface area contributed by atoms with Crippen LogP contribution in [0.25, 0.3) is 16.7 Å². The number of nitrogens with zero attached hydrogens (tertiary/aromatic N) is 5. The summed E-state index contributed by atoms with van der Waals surface area (Å²) in [4.78, 5) is 32.3. The molecule has 0 bridgehead atoms. The van der Waals surface area contributed by atoms with Gasteiger partial charge in [-0.3, -0.25) is 14.2 Å². The molecule has 4 rings (SSSR count). The molecule has 3 aromatic rings. The topological polar surface area (TPSA) is 73.0 Å². The molecule has 1 fully saturated rings. The third-order valence-electron chi connectivity index (χ3n) is 5.79. The number of benzene rings is 1. The van der Waals surface area contributed by atoms with Gasteiger partial charge in [-0.25, -0.2) is 9.67 Å². The summed E-state index contributed by atoms with van der Waals surface area (Å²) < 4.78 is 3.07. The second-order valence-corrected chi connectivity index (χ2v) is 8.25. The van der Waals surface area contributed by atoms with Crippen LogP contribution >= 0.6 is 0 Å². The Labute approximate surface area is 170 Å². The van der Waals surface area contributed by atoms with Crippen molar-refractivity contribution < 1.29 is 4.79 Å². The van der Waals surface area contributed by atoms with Crippen molar-refractivity contribution in [2.45, 2.75) is 65.6 Å². The van der Waals surface area contributed by atoms with E-state index in [-0.39, 0.29) is 30.1 Å². The van der Waals surface area contributed by atoms with Crippen molar-refractivity contribution >= 4 is 16.9 Å². The molecule has 0 saturated carbocycles. The lowest BCUT2D eigenvalue weighted by Crippen LogP contribution is -2.49. The highest BCUT2D eigenvalue weighted by Gasteiger charge is 2.29. The molecule has 0 spiro atoms. The molecule has 1 aliphatic heterocycles. The lowest BCUT2D eigenvalue weighted by molar-refractivity contribution is -0.138. The number of likely N-dealkylation sites (tertiary alicyclic amines) is 1. The number of carbonyl (C=O) groups is 1. The first-order valence-electron chi connectivity index (χ1n) is 10.2. The Morgan fingerprint density at radius 1 is 1.10 bits per heavy atom. The maximum Gasteiger partial charge on any atom is 0.264 e. The zero-order chi connectivity index (χ0) is 20.7. The van der Waals surface area contributed by atoms with Crippen molar-refractivity contribution in [1.82, 2.24) is 24.2 Å². The minimum atomic E-state index is -0.240. The summed E-state index contributed by atoms with van der Waals surface area (Å²) in [5, 5.41) is 4.80. The Bertz CT molecular complexity index is 1100. The largest absolute Gasteiger partial charge is 0.336 e. The molecule has 152 valence electrons. The van der Waals surface area contributed by atoms with Gasteiger partial charge in [-0.2, -0.15) is 5.10 Å². The molecule has 2 aromatic heterocycles. The second kappa shape index (κ2) is 7.46. The second-order valence-electron chi connectivity index (χ2n) is 8.25. The molecule has 0 radical (unpaired) electrons. The molecule has 0 N–H and O–H groups in total. The molecule has 1 saturated heterocycles. The summed E-state index contributed by atoms with van der Waals surface area (Å²) in [7, 11) is 0. The normalized spacial score (nSPS) is 19.7. The molecular formula is C22H27N5O2. The van der Waals surface area contributed by atoms with Gasteiger partial charge in [-0.05, 0) is 70.2 Å². The fraction of sp³-hybridized carbons (Fsp3) is 0.455. The maximum atomic E-state index is 13.0. The summed E-state index contributed by atoms with van der Waals surface area (Å²) >= 11 is 0. The first-order chi connectivity index (χ1) is 13.8. The summed E-state index contributed by atoms with van der Waals surface area (Å²) in [6.07, 6.45) is 6.14. The van der Waals surface area contributed by atoms with Crippen molar-refractivity contribution in [3.05, 3.63) is 52.2 Å². The Hall–Kier alpha value is -2.96. The molecule has 2 atom stereocenters. The molecule has 0 unspecified atom stereocenters. The zero-order valence-electron chi connectivity index (χ0n) is 17.4. The lowest BCUT2D eigenvalue weighted by atomic mass is 9.97. The van der Waals surface area contributed by atoms with E-state index in [2.05, 4.69) is 30.0 Å². The number of rotatable bonds is 3. The van der Waals surface area contributed by atoms with E-state index in [0.29, 0.717) is 11.0 Å². The zero-order valence-corrected chi connectivity index (χ0v) is 17.4. The van der Waals surface area contributed by atoms with Crippen LogP contribution in [0.15, 0.2) is 35.5 Å². The molecule has 7 nitrogen and oxygen atoms in total. The first-order valence-corrected chi connectivity index (χ1v) is 10.2. The van der Waals surface area contributed by atoms with Crippen LogP contribution in [0, 0.1) is 13.8 Å². The van der Waals surface area contributed by atoms with Crippen molar-refractivity contribution in [3.8, 4) is 5.69 Å². The van der Waals surface area contributed by atoms with E-state index in [4.69, 9.17) is 0 Å². The predicted molar refractivity (Wildman–Crippen MR) is 112 cm³/mol. The van der Waals surface area contributed by atoms with Gasteiger partial charge in [-0.1, -0.05) is 6.07 Å². The van der Waals surface area contributed by atoms with Gasteiger partial charge in [0.15, 0.2) is 5.65 Å². The highest BCUT2D eigenvalue weighted by molar-refractivity contribution is 5.78. The number of piperidine rings is 1. The van der Waals surface area contributed by atoms with Gasteiger partial charge in [0.1, 0.15) is 18.3 Å². The standard InChI is InChI=1S/C22H27N5O2/c1-14-8-15(2)10-18(9-14)27-21-19(11-24-27)22(29)25(13-23-21)12-20(28)26-16(3)6-5-7-17(26)4/h8-11,13,16-17H,5-7,12H2,1-4H3/t16-,17+. The molecule has 1 aliphatic rings. The molecule has 7 heteroatoms. The first kappa shape index (κ1) is 19.4. The monoisotopic (exact) mass is 393 g/mol. The van der Waals surface area contributed by atoms with Gasteiger partial charge in [-0.15, -0.1) is 0 Å². The van der Waals surface area contributed by atoms with Gasteiger partial charge in [0, 0.05) is 12.1 Å². The van der Waals surface area contributed by atoms with E-state index in [0.717, 1.165) is 36.1 Å². The van der Waals surface area contributed by atoms with Crippen molar-refractivity contribution in [2.24, 2.45) is 0 Å². The van der Waals surface area contributed by atoms with E-state index in [1.165, 1.54) is 17.1 Å². The Balaban J connectivity index is 1.67. The van der Waals surface area contributed by atoms with E-state index >= 15 is 0 Å². The van der Waals surface area contributed by atoms with Gasteiger partial charge in [0.2, 0.25) is 5.91 Å². The van der Waals surface area contributed by atoms with Crippen LogP contribution in [0.2, 0.25) is 0 Å². The Kier molecular flexibility index (Phi) is 4.98. The van der Waals surface area contributed by atoms with E-state index in [9.17, 15) is 9.59 Å². The SMILES string of the molecule is Cc1cc(C)cc(-n2ncc3c(=O)n(CC(=O)N4[C@H](C)CCC[C@@H]4C)cnc32)c1. The van der Waals surface area contributed by atoms with Gasteiger partial charge >= 0.3 is 0 Å². The Morgan fingerprint density at radius 2 is 1.76 bits per heavy atom. The number of hydrogen-bond acceptors (Lipinski definition) is 4. The Morgan fingerprint density at radius 3 is 2.41 bits per heavy atom. The molecule has 3 heterocycles. The minimum absolute atomic E-state index is 0.00515. The fourth-order valence-electron chi connectivity index (χ4n) is 4.46. The van der Waals surface area contributed by atoms with Crippen LogP contribution in [0.1, 0.15) is 44.2 Å². The third-order valence-corrected chi connectivity index (χ3v) is 5.79. The summed E-state index contributed by atoms with van der Waals surface area (Å²) in [5.41, 5.74) is 3.37. The molecule has 1 aromatic carbocycles. The van der Waals surface area contributed by atoms with Gasteiger partial charge < -0.3 is 4.90 Å². The smallest absolute Gasteiger partial charge is 0.264 e. The van der Waals surface area contributed by atoms with Crippen LogP contribution in [0.3, 0.4) is 0 Å². The predicted octanol–water partition coefficient (Wildman–Crippen LogP) is 2.99. The van der Waals surface area contributed by atoms with E-state index < -0.39 is 0 Å². The van der Waals surface area contributed by atoms with Crippen molar-refractivity contribution in [1.29, 1.82) is 0 Å². The van der Waals surface area contributed by atoms with Crippen molar-refractivity contribution in [3.63, 3.8) is 0 Å². The van der Waals surface area contributed by atoms with E-state index in [1.807, 2.05) is 30.9 Å². The van der Waals surface area contributed by atoms with Crippen LogP contribution in [-0.2, 0) is 11.3 Å². The number of amides is 1. The van der Waals surface area contributed by atoms with Gasteiger partial charge in [0.05, 0.1) is 11.9 Å². The number of aromatic nitrogens is 4. The summed E-state index contributed by atoms with van der Waals surface area (Å²) in [6, 6.07) is 6.51. The maximum absolute atomic E-state index is 13.0. The number of fused-ring (bicyclic) bond motifs is 1. The molecule has 1 amide bonds. The summed E-state index contributed by atoms with van der Waals surface area (Å²) in [6.45, 7) is 8.20. The quantitative estimate of drug-likeness (QED) is 0.686. The number of aryl methyl sites for hydroxylation is 2. The highest BCUT2D eigenvalue weighted by Crippen LogP contribution is 2.23. The minimum Gasteiger partial charge on any atom is -0.336 e. The average Bonchev–Trinajstić information content (AvgIpc) is 3.08. The lowest BCUT2D eigenvalue weighted by Gasteiger charge is -2.39. The highest BCUT2D eigenvalue weighted by atomic mass is 16.2. The molecule has 0 aliphatic carbocycles. The van der Waals surface area contributed by atoms with E-state index in [1.54, 1.807) is 4.68 Å². The fourth-order valence-corrected chi connectivity index (χ4v) is 4.46. The molecule has 29 heavy (non-hydrogen) atoms. The molecular weight excluding hydrogens is 366 g/mol. The van der Waals surface area contributed by atoms with Crippen LogP contribution in [-0.4, -0.2) is 42.2 Å². The van der Waals surface area contributed by atoms with Gasteiger partial charge in [0.25, 0.3) is 5.56 Å². The van der Waals surface area contributed by atoms with Crippen molar-refractivity contribution in [2.75, 3.05) is 0 Å².